The molecule has 1 aliphatic rings. The topological polar surface area (TPSA) is 61.1 Å². The van der Waals surface area contributed by atoms with E-state index in [-0.39, 0.29) is 0 Å². The van der Waals surface area contributed by atoms with Crippen molar-refractivity contribution in [1.82, 2.24) is 19.5 Å². The Labute approximate surface area is 334 Å². The van der Waals surface area contributed by atoms with Crippen molar-refractivity contribution >= 4 is 55.0 Å². The molecule has 0 N–H and O–H groups in total. The van der Waals surface area contributed by atoms with Crippen LogP contribution in [0.3, 0.4) is 0 Å². The number of nitrogens with zero attached hydrogens (tertiary/aromatic N) is 5. The van der Waals surface area contributed by atoms with Crippen LogP contribution in [0.4, 0.5) is 5.69 Å². The number of aromatic nitrogens is 4. The molecule has 1 aliphatic carbocycles. The van der Waals surface area contributed by atoms with E-state index in [9.17, 15) is 0 Å². The molecule has 6 nitrogen and oxygen atoms in total. The van der Waals surface area contributed by atoms with Crippen LogP contribution in [-0.2, 0) is 0 Å². The lowest BCUT2D eigenvalue weighted by Crippen LogP contribution is -2.05. The molecule has 7 aromatic carbocycles. The average molecular weight is 744 g/mol. The van der Waals surface area contributed by atoms with Crippen molar-refractivity contribution in [1.29, 1.82) is 0 Å². The van der Waals surface area contributed by atoms with Gasteiger partial charge in [0.05, 0.1) is 23.3 Å². The van der Waals surface area contributed by atoms with Gasteiger partial charge in [0.15, 0.2) is 23.2 Å². The Kier molecular flexibility index (Phi) is 7.90. The number of rotatable bonds is 6. The molecule has 0 saturated carbocycles. The average Bonchev–Trinajstić information content (AvgIpc) is 3.84. The third-order valence-corrected chi connectivity index (χ3v) is 11.1. The lowest BCUT2D eigenvalue weighted by Gasteiger charge is -2.22. The first-order valence-corrected chi connectivity index (χ1v) is 19.5. The molecule has 0 saturated heterocycles. The summed E-state index contributed by atoms with van der Waals surface area (Å²) in [6, 6.07) is 53.9. The van der Waals surface area contributed by atoms with Crippen LogP contribution >= 0.6 is 0 Å². The summed E-state index contributed by atoms with van der Waals surface area (Å²) < 4.78 is 8.69. The highest BCUT2D eigenvalue weighted by molar-refractivity contribution is 6.12. The minimum absolute atomic E-state index is 0.563. The van der Waals surface area contributed by atoms with Gasteiger partial charge in [0, 0.05) is 44.0 Å². The van der Waals surface area contributed by atoms with Gasteiger partial charge in [-0.15, -0.1) is 0 Å². The third kappa shape index (κ3) is 5.60. The van der Waals surface area contributed by atoms with Crippen molar-refractivity contribution in [3.63, 3.8) is 0 Å². The second-order valence-electron chi connectivity index (χ2n) is 14.6. The van der Waals surface area contributed by atoms with E-state index in [0.717, 1.165) is 101 Å². The van der Waals surface area contributed by atoms with E-state index in [1.54, 1.807) is 0 Å². The molecular formula is C52H33N5O. The third-order valence-electron chi connectivity index (χ3n) is 11.1. The summed E-state index contributed by atoms with van der Waals surface area (Å²) in [5.74, 6) is 1.72. The van der Waals surface area contributed by atoms with Gasteiger partial charge < -0.3 is 8.98 Å². The van der Waals surface area contributed by atoms with E-state index < -0.39 is 0 Å². The minimum atomic E-state index is 0.563. The van der Waals surface area contributed by atoms with E-state index in [0.29, 0.717) is 23.2 Å². The van der Waals surface area contributed by atoms with Gasteiger partial charge in [-0.2, -0.15) is 0 Å². The van der Waals surface area contributed by atoms with Crippen LogP contribution in [0, 0.1) is 6.57 Å². The summed E-state index contributed by atoms with van der Waals surface area (Å²) in [7, 11) is 0. The Bertz CT molecular complexity index is 3350. The van der Waals surface area contributed by atoms with Gasteiger partial charge >= 0.3 is 0 Å². The van der Waals surface area contributed by atoms with Crippen LogP contribution in [0.1, 0.15) is 18.4 Å². The van der Waals surface area contributed by atoms with Crippen LogP contribution in [0.25, 0.3) is 105 Å². The van der Waals surface area contributed by atoms with Gasteiger partial charge in [0.2, 0.25) is 0 Å². The molecule has 0 fully saturated rings. The van der Waals surface area contributed by atoms with E-state index in [4.69, 9.17) is 25.9 Å². The van der Waals surface area contributed by atoms with E-state index in [1.165, 1.54) is 0 Å². The molecule has 3 aromatic heterocycles. The second-order valence-corrected chi connectivity index (χ2v) is 14.6. The number of allylic oxidation sites excluding steroid dienone is 4. The van der Waals surface area contributed by atoms with E-state index in [2.05, 4.69) is 119 Å². The van der Waals surface area contributed by atoms with Crippen LogP contribution < -0.4 is 0 Å². The minimum Gasteiger partial charge on any atom is -0.456 e. The maximum Gasteiger partial charge on any atom is 0.188 e. The maximum absolute atomic E-state index is 7.80. The zero-order chi connectivity index (χ0) is 38.6. The van der Waals surface area contributed by atoms with Gasteiger partial charge in [-0.1, -0.05) is 127 Å². The van der Waals surface area contributed by atoms with E-state index in [1.807, 2.05) is 66.7 Å². The number of hydrogen-bond acceptors (Lipinski definition) is 4. The fraction of sp³-hybridized carbons (Fsp3) is 0.0385. The van der Waals surface area contributed by atoms with Crippen molar-refractivity contribution in [2.24, 2.45) is 0 Å². The quantitative estimate of drug-likeness (QED) is 0.159. The Morgan fingerprint density at radius 2 is 1.16 bits per heavy atom. The molecule has 0 spiro atoms. The fourth-order valence-corrected chi connectivity index (χ4v) is 8.36. The van der Waals surface area contributed by atoms with Crippen LogP contribution in [0.15, 0.2) is 180 Å². The SMILES string of the molecule is [C-]#[N+]c1ccc2c(c1)c1ccccc1n2-c1c(C2=CCCC=C2)cc(-c2nc(-c3ccccc3)nc(-c3ccc4c(c3)oc3ccccc34)n2)cc1-c1ccccc1. The fourth-order valence-electron chi connectivity index (χ4n) is 8.36. The molecule has 0 atom stereocenters. The summed E-state index contributed by atoms with van der Waals surface area (Å²) in [5, 5.41) is 4.27. The van der Waals surface area contributed by atoms with Gasteiger partial charge in [-0.05, 0) is 77.9 Å². The number of hydrogen-bond donors (Lipinski definition) is 0. The Hall–Kier alpha value is -7.88. The highest BCUT2D eigenvalue weighted by Crippen LogP contribution is 2.44. The Morgan fingerprint density at radius 3 is 1.93 bits per heavy atom. The Morgan fingerprint density at radius 1 is 0.500 bits per heavy atom. The van der Waals surface area contributed by atoms with Crippen molar-refractivity contribution in [3.05, 3.63) is 193 Å². The normalized spacial score (nSPS) is 12.7. The van der Waals surface area contributed by atoms with Crippen molar-refractivity contribution < 1.29 is 4.42 Å². The smallest absolute Gasteiger partial charge is 0.188 e. The number of benzene rings is 7. The predicted molar refractivity (Wildman–Crippen MR) is 236 cm³/mol. The zero-order valence-electron chi connectivity index (χ0n) is 31.3. The number of fused-ring (bicyclic) bond motifs is 6. The predicted octanol–water partition coefficient (Wildman–Crippen LogP) is 13.8. The molecule has 10 aromatic rings. The molecule has 0 bridgehead atoms. The molecule has 6 heteroatoms. The van der Waals surface area contributed by atoms with Crippen LogP contribution in [0.5, 0.6) is 0 Å². The molecule has 58 heavy (non-hydrogen) atoms. The zero-order valence-corrected chi connectivity index (χ0v) is 31.3. The highest BCUT2D eigenvalue weighted by Gasteiger charge is 2.24. The molecule has 0 aliphatic heterocycles. The molecule has 0 unspecified atom stereocenters. The summed E-state index contributed by atoms with van der Waals surface area (Å²) in [6.45, 7) is 7.80. The summed E-state index contributed by atoms with van der Waals surface area (Å²) in [6.07, 6.45) is 8.76. The molecule has 0 amide bonds. The first-order valence-electron chi connectivity index (χ1n) is 19.5. The highest BCUT2D eigenvalue weighted by atomic mass is 16.3. The molecule has 272 valence electrons. The van der Waals surface area contributed by atoms with Crippen LogP contribution in [-0.4, -0.2) is 19.5 Å². The Balaban J connectivity index is 1.21. The van der Waals surface area contributed by atoms with Crippen LogP contribution in [0.2, 0.25) is 0 Å². The summed E-state index contributed by atoms with van der Waals surface area (Å²) in [5.41, 5.74) is 12.3. The van der Waals surface area contributed by atoms with Gasteiger partial charge in [-0.25, -0.2) is 19.8 Å². The lowest BCUT2D eigenvalue weighted by molar-refractivity contribution is 0.669. The number of furan rings is 1. The summed E-state index contributed by atoms with van der Waals surface area (Å²) in [4.78, 5) is 19.3. The van der Waals surface area contributed by atoms with Crippen molar-refractivity contribution in [3.8, 4) is 51.0 Å². The monoisotopic (exact) mass is 743 g/mol. The first-order chi connectivity index (χ1) is 28.7. The van der Waals surface area contributed by atoms with Crippen molar-refractivity contribution in [2.75, 3.05) is 0 Å². The lowest BCUT2D eigenvalue weighted by atomic mass is 9.90. The van der Waals surface area contributed by atoms with Gasteiger partial charge in [0.25, 0.3) is 0 Å². The largest absolute Gasteiger partial charge is 0.456 e. The second kappa shape index (κ2) is 13.7. The summed E-state index contributed by atoms with van der Waals surface area (Å²) >= 11 is 0. The molecule has 3 heterocycles. The molecular weight excluding hydrogens is 711 g/mol. The number of para-hydroxylation sites is 2. The first kappa shape index (κ1) is 33.5. The standard InChI is InChI=1S/C52H33N5O/c1-53-38-26-28-46-44(32-38)39-21-11-13-23-45(39)57(46)49-42(33-15-5-2-6-16-33)29-37(30-43(49)34-17-7-3-8-18-34)52-55-50(35-19-9-4-10-20-35)54-51(56-52)36-25-27-41-40-22-12-14-24-47(40)58-48(41)31-36/h2,4-7,9-32H,3,8H2. The van der Waals surface area contributed by atoms with Crippen molar-refractivity contribution in [2.45, 2.75) is 12.8 Å². The molecule has 11 rings (SSSR count). The van der Waals surface area contributed by atoms with Gasteiger partial charge in [0.1, 0.15) is 11.2 Å². The maximum atomic E-state index is 7.80. The van der Waals surface area contributed by atoms with E-state index >= 15 is 0 Å². The molecule has 0 radical (unpaired) electrons. The van der Waals surface area contributed by atoms with Gasteiger partial charge in [-0.3, -0.25) is 0 Å².